The SMILES string of the molecule is NC1CCCCCC1C(=O)NCC1(O)CCCC1. The number of hydrogen-bond donors (Lipinski definition) is 3. The lowest BCUT2D eigenvalue weighted by atomic mass is 9.94. The van der Waals surface area contributed by atoms with Gasteiger partial charge in [0.15, 0.2) is 0 Å². The number of amides is 1. The fraction of sp³-hybridized carbons (Fsp3) is 0.929. The van der Waals surface area contributed by atoms with Crippen molar-refractivity contribution in [2.45, 2.75) is 69.4 Å². The summed E-state index contributed by atoms with van der Waals surface area (Å²) in [7, 11) is 0. The van der Waals surface area contributed by atoms with Crippen LogP contribution in [0.3, 0.4) is 0 Å². The van der Waals surface area contributed by atoms with E-state index in [1.54, 1.807) is 0 Å². The molecule has 2 aliphatic rings. The molecule has 0 aromatic heterocycles. The fourth-order valence-electron chi connectivity index (χ4n) is 3.25. The number of carbonyl (C=O) groups excluding carboxylic acids is 1. The van der Waals surface area contributed by atoms with Crippen LogP contribution in [-0.4, -0.2) is 29.2 Å². The molecule has 2 aliphatic carbocycles. The second-order valence-electron chi connectivity index (χ2n) is 6.06. The van der Waals surface area contributed by atoms with E-state index in [-0.39, 0.29) is 17.9 Å². The number of hydrogen-bond acceptors (Lipinski definition) is 3. The van der Waals surface area contributed by atoms with Crippen LogP contribution >= 0.6 is 0 Å². The van der Waals surface area contributed by atoms with Crippen LogP contribution in [0.15, 0.2) is 0 Å². The molecular weight excluding hydrogens is 228 g/mol. The van der Waals surface area contributed by atoms with Crippen molar-refractivity contribution < 1.29 is 9.90 Å². The first-order chi connectivity index (χ1) is 8.61. The molecule has 0 aliphatic heterocycles. The minimum Gasteiger partial charge on any atom is -0.388 e. The fourth-order valence-corrected chi connectivity index (χ4v) is 3.25. The lowest BCUT2D eigenvalue weighted by Gasteiger charge is -2.26. The third-order valence-electron chi connectivity index (χ3n) is 4.53. The molecule has 0 bridgehead atoms. The summed E-state index contributed by atoms with van der Waals surface area (Å²) in [5.74, 6) is -0.0118. The zero-order chi connectivity index (χ0) is 13.0. The summed E-state index contributed by atoms with van der Waals surface area (Å²) in [4.78, 5) is 12.2. The van der Waals surface area contributed by atoms with Gasteiger partial charge in [-0.05, 0) is 25.7 Å². The molecule has 0 aromatic rings. The Morgan fingerprint density at radius 2 is 1.83 bits per heavy atom. The van der Waals surface area contributed by atoms with Crippen molar-refractivity contribution in [1.82, 2.24) is 5.32 Å². The van der Waals surface area contributed by atoms with E-state index in [9.17, 15) is 9.90 Å². The monoisotopic (exact) mass is 254 g/mol. The molecule has 0 heterocycles. The van der Waals surface area contributed by atoms with Gasteiger partial charge in [-0.3, -0.25) is 4.79 Å². The maximum atomic E-state index is 12.2. The van der Waals surface area contributed by atoms with Crippen molar-refractivity contribution in [2.24, 2.45) is 11.7 Å². The first-order valence-electron chi connectivity index (χ1n) is 7.36. The molecule has 2 atom stereocenters. The van der Waals surface area contributed by atoms with Crippen molar-refractivity contribution in [3.63, 3.8) is 0 Å². The standard InChI is InChI=1S/C14H26N2O2/c15-12-7-3-1-2-6-11(12)13(17)16-10-14(18)8-4-5-9-14/h11-12,18H,1-10,15H2,(H,16,17). The summed E-state index contributed by atoms with van der Waals surface area (Å²) < 4.78 is 0. The normalized spacial score (nSPS) is 31.9. The van der Waals surface area contributed by atoms with Crippen LogP contribution in [0.1, 0.15) is 57.8 Å². The number of aliphatic hydroxyl groups is 1. The second-order valence-corrected chi connectivity index (χ2v) is 6.06. The van der Waals surface area contributed by atoms with Gasteiger partial charge in [-0.1, -0.05) is 32.1 Å². The van der Waals surface area contributed by atoms with Crippen molar-refractivity contribution >= 4 is 5.91 Å². The third-order valence-corrected chi connectivity index (χ3v) is 4.53. The van der Waals surface area contributed by atoms with E-state index >= 15 is 0 Å². The Hall–Kier alpha value is -0.610. The summed E-state index contributed by atoms with van der Waals surface area (Å²) in [5.41, 5.74) is 5.41. The second kappa shape index (κ2) is 6.02. The lowest BCUT2D eigenvalue weighted by Crippen LogP contribution is -2.46. The van der Waals surface area contributed by atoms with Crippen LogP contribution in [0.4, 0.5) is 0 Å². The molecule has 1 amide bonds. The average Bonchev–Trinajstić information content (AvgIpc) is 2.66. The number of nitrogens with two attached hydrogens (primary N) is 1. The van der Waals surface area contributed by atoms with E-state index in [1.807, 2.05) is 0 Å². The zero-order valence-corrected chi connectivity index (χ0v) is 11.2. The smallest absolute Gasteiger partial charge is 0.224 e. The molecule has 4 N–H and O–H groups in total. The summed E-state index contributed by atoms with van der Waals surface area (Å²) in [5, 5.41) is 13.1. The summed E-state index contributed by atoms with van der Waals surface area (Å²) >= 11 is 0. The van der Waals surface area contributed by atoms with Gasteiger partial charge in [0, 0.05) is 12.6 Å². The van der Waals surface area contributed by atoms with E-state index in [0.717, 1.165) is 51.4 Å². The van der Waals surface area contributed by atoms with E-state index in [4.69, 9.17) is 5.73 Å². The van der Waals surface area contributed by atoms with Gasteiger partial charge < -0.3 is 16.2 Å². The molecule has 2 unspecified atom stereocenters. The summed E-state index contributed by atoms with van der Waals surface area (Å²) in [6, 6.07) is -0.00859. The van der Waals surface area contributed by atoms with Gasteiger partial charge in [0.2, 0.25) is 5.91 Å². The Labute approximate surface area is 109 Å². The maximum absolute atomic E-state index is 12.2. The number of carbonyl (C=O) groups is 1. The first-order valence-corrected chi connectivity index (χ1v) is 7.36. The Kier molecular flexibility index (Phi) is 4.62. The number of nitrogens with one attached hydrogen (secondary N) is 1. The quantitative estimate of drug-likeness (QED) is 0.665. The van der Waals surface area contributed by atoms with E-state index in [1.165, 1.54) is 6.42 Å². The van der Waals surface area contributed by atoms with Gasteiger partial charge in [0.25, 0.3) is 0 Å². The Bertz CT molecular complexity index is 288. The molecule has 2 saturated carbocycles. The minimum atomic E-state index is -0.662. The van der Waals surface area contributed by atoms with Crippen molar-refractivity contribution in [3.05, 3.63) is 0 Å². The van der Waals surface area contributed by atoms with Crippen LogP contribution in [0, 0.1) is 5.92 Å². The zero-order valence-electron chi connectivity index (χ0n) is 11.2. The average molecular weight is 254 g/mol. The maximum Gasteiger partial charge on any atom is 0.224 e. The van der Waals surface area contributed by atoms with Crippen molar-refractivity contribution in [1.29, 1.82) is 0 Å². The van der Waals surface area contributed by atoms with Gasteiger partial charge in [-0.15, -0.1) is 0 Å². The number of rotatable bonds is 3. The molecule has 18 heavy (non-hydrogen) atoms. The first kappa shape index (κ1) is 13.8. The molecule has 0 aromatic carbocycles. The minimum absolute atomic E-state index is 0.00859. The highest BCUT2D eigenvalue weighted by Gasteiger charge is 2.33. The Morgan fingerprint density at radius 3 is 2.56 bits per heavy atom. The van der Waals surface area contributed by atoms with E-state index in [2.05, 4.69) is 5.32 Å². The van der Waals surface area contributed by atoms with E-state index in [0.29, 0.717) is 6.54 Å². The van der Waals surface area contributed by atoms with Gasteiger partial charge in [-0.25, -0.2) is 0 Å². The summed E-state index contributed by atoms with van der Waals surface area (Å²) in [6.07, 6.45) is 9.00. The van der Waals surface area contributed by atoms with Crippen molar-refractivity contribution in [2.75, 3.05) is 6.54 Å². The van der Waals surface area contributed by atoms with Gasteiger partial charge >= 0.3 is 0 Å². The Balaban J connectivity index is 1.82. The molecule has 4 nitrogen and oxygen atoms in total. The third kappa shape index (κ3) is 3.45. The molecular formula is C14H26N2O2. The molecule has 104 valence electrons. The van der Waals surface area contributed by atoms with Crippen LogP contribution in [0.25, 0.3) is 0 Å². The Morgan fingerprint density at radius 1 is 1.17 bits per heavy atom. The van der Waals surface area contributed by atoms with Gasteiger partial charge in [0.05, 0.1) is 11.5 Å². The largest absolute Gasteiger partial charge is 0.388 e. The molecule has 4 heteroatoms. The van der Waals surface area contributed by atoms with Crippen molar-refractivity contribution in [3.8, 4) is 0 Å². The highest BCUT2D eigenvalue weighted by molar-refractivity contribution is 5.79. The molecule has 0 spiro atoms. The van der Waals surface area contributed by atoms with Crippen LogP contribution in [0.2, 0.25) is 0 Å². The highest BCUT2D eigenvalue weighted by Crippen LogP contribution is 2.29. The predicted octanol–water partition coefficient (Wildman–Crippen LogP) is 1.32. The van der Waals surface area contributed by atoms with Crippen LogP contribution < -0.4 is 11.1 Å². The van der Waals surface area contributed by atoms with Gasteiger partial charge in [-0.2, -0.15) is 0 Å². The summed E-state index contributed by atoms with van der Waals surface area (Å²) in [6.45, 7) is 0.398. The van der Waals surface area contributed by atoms with Crippen LogP contribution in [0.5, 0.6) is 0 Å². The molecule has 2 fully saturated rings. The highest BCUT2D eigenvalue weighted by atomic mass is 16.3. The molecule has 0 radical (unpaired) electrons. The van der Waals surface area contributed by atoms with Crippen LogP contribution in [-0.2, 0) is 4.79 Å². The lowest BCUT2D eigenvalue weighted by molar-refractivity contribution is -0.127. The molecule has 0 saturated heterocycles. The van der Waals surface area contributed by atoms with Gasteiger partial charge in [0.1, 0.15) is 0 Å². The predicted molar refractivity (Wildman–Crippen MR) is 71.0 cm³/mol. The molecule has 2 rings (SSSR count). The topological polar surface area (TPSA) is 75.4 Å². The van der Waals surface area contributed by atoms with E-state index < -0.39 is 5.60 Å².